The Morgan fingerprint density at radius 1 is 1.13 bits per heavy atom. The third-order valence-corrected chi connectivity index (χ3v) is 4.11. The third-order valence-electron chi connectivity index (χ3n) is 2.92. The van der Waals surface area contributed by atoms with Crippen LogP contribution in [0.25, 0.3) is 0 Å². The van der Waals surface area contributed by atoms with Crippen molar-refractivity contribution in [3.63, 3.8) is 0 Å². The summed E-state index contributed by atoms with van der Waals surface area (Å²) in [5, 5.41) is 12.4. The summed E-state index contributed by atoms with van der Waals surface area (Å²) < 4.78 is 6.27. The van der Waals surface area contributed by atoms with E-state index in [0.717, 1.165) is 4.47 Å². The molecule has 0 fully saturated rings. The second-order valence-corrected chi connectivity index (χ2v) is 6.30. The van der Waals surface area contributed by atoms with Gasteiger partial charge in [-0.25, -0.2) is 4.79 Å². The molecule has 0 aliphatic carbocycles. The van der Waals surface area contributed by atoms with Crippen LogP contribution in [0.1, 0.15) is 27.6 Å². The predicted octanol–water partition coefficient (Wildman–Crippen LogP) is 4.35. The quantitative estimate of drug-likeness (QED) is 0.545. The minimum absolute atomic E-state index is 0.00189. The SMILES string of the molecule is CCOC(=O)c1cc(NC(=O)c2cc(Br)ccc2Br)ccc1O. The van der Waals surface area contributed by atoms with Gasteiger partial charge in [0, 0.05) is 14.6 Å². The molecule has 0 aliphatic heterocycles. The zero-order valence-electron chi connectivity index (χ0n) is 12.1. The van der Waals surface area contributed by atoms with E-state index in [-0.39, 0.29) is 23.8 Å². The summed E-state index contributed by atoms with van der Waals surface area (Å²) in [6, 6.07) is 9.43. The van der Waals surface area contributed by atoms with Gasteiger partial charge in [0.15, 0.2) is 0 Å². The van der Waals surface area contributed by atoms with E-state index in [2.05, 4.69) is 37.2 Å². The number of halogens is 2. The number of aromatic hydroxyl groups is 1. The number of phenols is 1. The minimum Gasteiger partial charge on any atom is -0.507 e. The summed E-state index contributed by atoms with van der Waals surface area (Å²) in [5.41, 5.74) is 0.811. The molecule has 7 heteroatoms. The van der Waals surface area contributed by atoms with Gasteiger partial charge in [0.25, 0.3) is 5.91 Å². The summed E-state index contributed by atoms with van der Waals surface area (Å²) in [5.74, 6) is -1.20. The molecule has 2 aromatic rings. The number of benzene rings is 2. The number of esters is 1. The van der Waals surface area contributed by atoms with Crippen molar-refractivity contribution in [1.29, 1.82) is 0 Å². The first-order valence-electron chi connectivity index (χ1n) is 6.69. The lowest BCUT2D eigenvalue weighted by Gasteiger charge is -2.10. The average molecular weight is 443 g/mol. The Balaban J connectivity index is 2.26. The Morgan fingerprint density at radius 3 is 2.57 bits per heavy atom. The normalized spacial score (nSPS) is 10.2. The van der Waals surface area contributed by atoms with Crippen LogP contribution in [-0.2, 0) is 4.74 Å². The Bertz CT molecular complexity index is 762. The number of ether oxygens (including phenoxy) is 1. The molecule has 120 valence electrons. The molecule has 2 N–H and O–H groups in total. The van der Waals surface area contributed by atoms with E-state index in [4.69, 9.17) is 4.74 Å². The van der Waals surface area contributed by atoms with E-state index in [9.17, 15) is 14.7 Å². The van der Waals surface area contributed by atoms with Gasteiger partial charge in [-0.1, -0.05) is 15.9 Å². The lowest BCUT2D eigenvalue weighted by molar-refractivity contribution is 0.0523. The number of phenolic OH excluding ortho intramolecular Hbond substituents is 1. The summed E-state index contributed by atoms with van der Waals surface area (Å²) in [6.45, 7) is 1.87. The number of carbonyl (C=O) groups is 2. The molecule has 0 heterocycles. The van der Waals surface area contributed by atoms with Crippen LogP contribution in [0.2, 0.25) is 0 Å². The highest BCUT2D eigenvalue weighted by atomic mass is 79.9. The van der Waals surface area contributed by atoms with Crippen molar-refractivity contribution in [2.75, 3.05) is 11.9 Å². The first kappa shape index (κ1) is 17.5. The fourth-order valence-corrected chi connectivity index (χ4v) is 2.64. The Hall–Kier alpha value is -1.86. The molecule has 0 saturated heterocycles. The molecular weight excluding hydrogens is 430 g/mol. The highest BCUT2D eigenvalue weighted by Gasteiger charge is 2.15. The van der Waals surface area contributed by atoms with Crippen molar-refractivity contribution in [2.45, 2.75) is 6.92 Å². The van der Waals surface area contributed by atoms with Crippen molar-refractivity contribution in [1.82, 2.24) is 0 Å². The molecule has 0 unspecified atom stereocenters. The molecule has 0 atom stereocenters. The van der Waals surface area contributed by atoms with E-state index in [1.165, 1.54) is 18.2 Å². The molecule has 1 amide bonds. The van der Waals surface area contributed by atoms with Gasteiger partial charge < -0.3 is 15.2 Å². The van der Waals surface area contributed by atoms with Gasteiger partial charge in [-0.15, -0.1) is 0 Å². The highest BCUT2D eigenvalue weighted by molar-refractivity contribution is 9.11. The third kappa shape index (κ3) is 4.33. The number of nitrogens with one attached hydrogen (secondary N) is 1. The topological polar surface area (TPSA) is 75.6 Å². The van der Waals surface area contributed by atoms with Crippen molar-refractivity contribution in [2.24, 2.45) is 0 Å². The molecule has 23 heavy (non-hydrogen) atoms. The van der Waals surface area contributed by atoms with Crippen molar-refractivity contribution in [3.05, 3.63) is 56.5 Å². The number of amides is 1. The second kappa shape index (κ2) is 7.61. The van der Waals surface area contributed by atoms with Gasteiger partial charge >= 0.3 is 5.97 Å². The van der Waals surface area contributed by atoms with Gasteiger partial charge in [0.2, 0.25) is 0 Å². The monoisotopic (exact) mass is 441 g/mol. The first-order chi connectivity index (χ1) is 10.9. The zero-order valence-corrected chi connectivity index (χ0v) is 15.3. The summed E-state index contributed by atoms with van der Waals surface area (Å²) in [4.78, 5) is 24.1. The van der Waals surface area contributed by atoms with Crippen molar-refractivity contribution < 1.29 is 19.4 Å². The van der Waals surface area contributed by atoms with Crippen LogP contribution in [0.4, 0.5) is 5.69 Å². The maximum atomic E-state index is 12.3. The van der Waals surface area contributed by atoms with Crippen LogP contribution < -0.4 is 5.32 Å². The predicted molar refractivity (Wildman–Crippen MR) is 93.9 cm³/mol. The van der Waals surface area contributed by atoms with Crippen LogP contribution in [0.15, 0.2) is 45.3 Å². The van der Waals surface area contributed by atoms with E-state index >= 15 is 0 Å². The number of hydrogen-bond donors (Lipinski definition) is 2. The largest absolute Gasteiger partial charge is 0.507 e. The van der Waals surface area contributed by atoms with E-state index < -0.39 is 5.97 Å². The van der Waals surface area contributed by atoms with Crippen LogP contribution in [0.3, 0.4) is 0 Å². The fourth-order valence-electron chi connectivity index (χ4n) is 1.86. The van der Waals surface area contributed by atoms with Gasteiger partial charge in [0.1, 0.15) is 11.3 Å². The lowest BCUT2D eigenvalue weighted by Crippen LogP contribution is -2.13. The Labute approximate surface area is 149 Å². The Kier molecular flexibility index (Phi) is 5.79. The van der Waals surface area contributed by atoms with Gasteiger partial charge in [-0.2, -0.15) is 0 Å². The van der Waals surface area contributed by atoms with E-state index in [1.54, 1.807) is 25.1 Å². The average Bonchev–Trinajstić information content (AvgIpc) is 2.51. The minimum atomic E-state index is -0.648. The maximum Gasteiger partial charge on any atom is 0.341 e. The molecule has 0 bridgehead atoms. The molecule has 0 saturated carbocycles. The summed E-state index contributed by atoms with van der Waals surface area (Å²) in [6.07, 6.45) is 0. The fraction of sp³-hybridized carbons (Fsp3) is 0.125. The highest BCUT2D eigenvalue weighted by Crippen LogP contribution is 2.25. The molecule has 0 spiro atoms. The maximum absolute atomic E-state index is 12.3. The van der Waals surface area contributed by atoms with Crippen molar-refractivity contribution >= 4 is 49.4 Å². The number of carbonyl (C=O) groups excluding carboxylic acids is 2. The lowest BCUT2D eigenvalue weighted by atomic mass is 10.1. The molecule has 0 aromatic heterocycles. The van der Waals surface area contributed by atoms with Crippen LogP contribution in [-0.4, -0.2) is 23.6 Å². The molecule has 0 radical (unpaired) electrons. The summed E-state index contributed by atoms with van der Waals surface area (Å²) >= 11 is 6.63. The van der Waals surface area contributed by atoms with E-state index in [1.807, 2.05) is 0 Å². The molecule has 5 nitrogen and oxygen atoms in total. The van der Waals surface area contributed by atoms with Crippen LogP contribution in [0, 0.1) is 0 Å². The van der Waals surface area contributed by atoms with Gasteiger partial charge in [-0.05, 0) is 59.3 Å². The number of hydrogen-bond acceptors (Lipinski definition) is 4. The number of anilines is 1. The molecular formula is C16H13Br2NO4. The van der Waals surface area contributed by atoms with Crippen LogP contribution in [0.5, 0.6) is 5.75 Å². The molecule has 2 aromatic carbocycles. The molecule has 2 rings (SSSR count). The molecule has 0 aliphatic rings. The van der Waals surface area contributed by atoms with Gasteiger partial charge in [-0.3, -0.25) is 4.79 Å². The van der Waals surface area contributed by atoms with E-state index in [0.29, 0.717) is 15.7 Å². The second-order valence-electron chi connectivity index (χ2n) is 4.53. The smallest absolute Gasteiger partial charge is 0.341 e. The standard InChI is InChI=1S/C16H13Br2NO4/c1-2-23-16(22)12-8-10(4-6-14(12)20)19-15(21)11-7-9(17)3-5-13(11)18/h3-8,20H,2H2,1H3,(H,19,21). The first-order valence-corrected chi connectivity index (χ1v) is 8.27. The summed E-state index contributed by atoms with van der Waals surface area (Å²) in [7, 11) is 0. The van der Waals surface area contributed by atoms with Gasteiger partial charge in [0.05, 0.1) is 12.2 Å². The number of rotatable bonds is 4. The zero-order chi connectivity index (χ0) is 17.0. The van der Waals surface area contributed by atoms with Crippen molar-refractivity contribution in [3.8, 4) is 5.75 Å². The Morgan fingerprint density at radius 2 is 1.87 bits per heavy atom. The van der Waals surface area contributed by atoms with Crippen LogP contribution >= 0.6 is 31.9 Å².